The van der Waals surface area contributed by atoms with Gasteiger partial charge in [0.25, 0.3) is 0 Å². The van der Waals surface area contributed by atoms with Crippen LogP contribution in [0.3, 0.4) is 0 Å². The van der Waals surface area contributed by atoms with Crippen molar-refractivity contribution in [2.24, 2.45) is 0 Å². The first kappa shape index (κ1) is 10.6. The predicted molar refractivity (Wildman–Crippen MR) is 58.4 cm³/mol. The molecule has 1 saturated heterocycles. The lowest BCUT2D eigenvalue weighted by molar-refractivity contribution is -0.247. The highest BCUT2D eigenvalue weighted by molar-refractivity contribution is 5.20. The molecule has 1 aliphatic rings. The number of hydrogen-bond acceptors (Lipinski definition) is 3. The fraction of sp³-hybridized carbons (Fsp3) is 0.500. The lowest BCUT2D eigenvalue weighted by atomic mass is 10.0. The number of likely N-dealkylation sites (N-methyl/N-ethyl adjacent to an activating group) is 1. The fourth-order valence-electron chi connectivity index (χ4n) is 1.91. The van der Waals surface area contributed by atoms with E-state index < -0.39 is 5.79 Å². The average molecular weight is 207 g/mol. The van der Waals surface area contributed by atoms with Gasteiger partial charge in [-0.15, -0.1) is 0 Å². The summed E-state index contributed by atoms with van der Waals surface area (Å²) >= 11 is 0. The second-order valence-electron chi connectivity index (χ2n) is 3.87. The van der Waals surface area contributed by atoms with Crippen LogP contribution in [-0.2, 0) is 10.5 Å². The maximum atomic E-state index is 10.4. The Labute approximate surface area is 90.3 Å². The summed E-state index contributed by atoms with van der Waals surface area (Å²) in [7, 11) is 0. The third kappa shape index (κ3) is 2.20. The number of ether oxygens (including phenoxy) is 1. The van der Waals surface area contributed by atoms with Gasteiger partial charge in [0.15, 0.2) is 0 Å². The minimum atomic E-state index is -1.13. The predicted octanol–water partition coefficient (Wildman–Crippen LogP) is 1.18. The van der Waals surface area contributed by atoms with E-state index in [9.17, 15) is 5.11 Å². The first-order chi connectivity index (χ1) is 7.24. The highest BCUT2D eigenvalue weighted by atomic mass is 16.6. The average Bonchev–Trinajstić information content (AvgIpc) is 2.30. The fourth-order valence-corrected chi connectivity index (χ4v) is 1.91. The third-order valence-electron chi connectivity index (χ3n) is 2.86. The molecule has 15 heavy (non-hydrogen) atoms. The molecule has 3 nitrogen and oxygen atoms in total. The summed E-state index contributed by atoms with van der Waals surface area (Å²) in [5.74, 6) is -1.13. The van der Waals surface area contributed by atoms with Crippen molar-refractivity contribution in [3.8, 4) is 0 Å². The first-order valence-electron chi connectivity index (χ1n) is 5.39. The quantitative estimate of drug-likeness (QED) is 0.790. The molecule has 1 unspecified atom stereocenters. The molecule has 1 heterocycles. The van der Waals surface area contributed by atoms with E-state index in [-0.39, 0.29) is 0 Å². The Morgan fingerprint density at radius 2 is 2.13 bits per heavy atom. The second kappa shape index (κ2) is 4.31. The standard InChI is InChI=1S/C12H17NO2/c1-2-13-8-9-15-12(14,10-13)11-6-4-3-5-7-11/h3-7,14H,2,8-10H2,1H3. The van der Waals surface area contributed by atoms with Crippen LogP contribution in [0.2, 0.25) is 0 Å². The molecule has 82 valence electrons. The number of rotatable bonds is 2. The normalized spacial score (nSPS) is 27.9. The zero-order chi connectivity index (χ0) is 10.7. The number of benzene rings is 1. The SMILES string of the molecule is CCN1CCOC(O)(c2ccccc2)C1. The van der Waals surface area contributed by atoms with Gasteiger partial charge in [0.2, 0.25) is 5.79 Å². The summed E-state index contributed by atoms with van der Waals surface area (Å²) in [4.78, 5) is 2.19. The lowest BCUT2D eigenvalue weighted by Crippen LogP contribution is -2.49. The molecule has 0 radical (unpaired) electrons. The van der Waals surface area contributed by atoms with Gasteiger partial charge < -0.3 is 9.84 Å². The summed E-state index contributed by atoms with van der Waals surface area (Å²) in [6.07, 6.45) is 0. The number of aliphatic hydroxyl groups is 1. The topological polar surface area (TPSA) is 32.7 Å². The Bertz CT molecular complexity index is 315. The van der Waals surface area contributed by atoms with E-state index in [4.69, 9.17) is 4.74 Å². The smallest absolute Gasteiger partial charge is 0.205 e. The molecule has 3 heteroatoms. The first-order valence-corrected chi connectivity index (χ1v) is 5.39. The van der Waals surface area contributed by atoms with Crippen LogP contribution >= 0.6 is 0 Å². The number of β-amino-alcohol motifs (C(OH)–C–C–N with tert-alkyl or cyclic N) is 1. The summed E-state index contributed by atoms with van der Waals surface area (Å²) in [5, 5.41) is 10.4. The molecule has 0 aliphatic carbocycles. The zero-order valence-corrected chi connectivity index (χ0v) is 9.02. The summed E-state index contributed by atoms with van der Waals surface area (Å²) < 4.78 is 5.50. The van der Waals surface area contributed by atoms with Gasteiger partial charge in [-0.2, -0.15) is 0 Å². The monoisotopic (exact) mass is 207 g/mol. The second-order valence-corrected chi connectivity index (χ2v) is 3.87. The van der Waals surface area contributed by atoms with Crippen LogP contribution < -0.4 is 0 Å². The van der Waals surface area contributed by atoms with E-state index in [0.29, 0.717) is 13.2 Å². The Morgan fingerprint density at radius 1 is 1.40 bits per heavy atom. The van der Waals surface area contributed by atoms with E-state index in [0.717, 1.165) is 18.7 Å². The molecular formula is C12H17NO2. The summed E-state index contributed by atoms with van der Waals surface area (Å²) in [6, 6.07) is 9.58. The van der Waals surface area contributed by atoms with Crippen molar-refractivity contribution in [3.63, 3.8) is 0 Å². The molecular weight excluding hydrogens is 190 g/mol. The van der Waals surface area contributed by atoms with Crippen LogP contribution in [-0.4, -0.2) is 36.2 Å². The van der Waals surface area contributed by atoms with Gasteiger partial charge >= 0.3 is 0 Å². The molecule has 1 aliphatic heterocycles. The van der Waals surface area contributed by atoms with Crippen LogP contribution in [0.5, 0.6) is 0 Å². The van der Waals surface area contributed by atoms with Gasteiger partial charge in [-0.3, -0.25) is 4.90 Å². The van der Waals surface area contributed by atoms with Crippen molar-refractivity contribution in [2.75, 3.05) is 26.2 Å². The molecule has 1 N–H and O–H groups in total. The molecule has 0 amide bonds. The Balaban J connectivity index is 2.19. The van der Waals surface area contributed by atoms with Gasteiger partial charge in [0.1, 0.15) is 0 Å². The van der Waals surface area contributed by atoms with Gasteiger partial charge in [-0.05, 0) is 6.54 Å². The van der Waals surface area contributed by atoms with Crippen molar-refractivity contribution >= 4 is 0 Å². The molecule has 0 saturated carbocycles. The van der Waals surface area contributed by atoms with E-state index in [1.54, 1.807) is 0 Å². The molecule has 2 rings (SSSR count). The van der Waals surface area contributed by atoms with Crippen molar-refractivity contribution in [2.45, 2.75) is 12.7 Å². The molecule has 1 aromatic carbocycles. The van der Waals surface area contributed by atoms with Gasteiger partial charge in [0.05, 0.1) is 13.2 Å². The number of morpholine rings is 1. The van der Waals surface area contributed by atoms with E-state index >= 15 is 0 Å². The van der Waals surface area contributed by atoms with Crippen molar-refractivity contribution < 1.29 is 9.84 Å². The largest absolute Gasteiger partial charge is 0.361 e. The van der Waals surface area contributed by atoms with Crippen LogP contribution in [0.1, 0.15) is 12.5 Å². The van der Waals surface area contributed by atoms with Crippen LogP contribution in [0, 0.1) is 0 Å². The van der Waals surface area contributed by atoms with Crippen molar-refractivity contribution in [1.29, 1.82) is 0 Å². The highest BCUT2D eigenvalue weighted by Crippen LogP contribution is 2.26. The van der Waals surface area contributed by atoms with Gasteiger partial charge in [0, 0.05) is 12.1 Å². The maximum Gasteiger partial charge on any atom is 0.205 e. The number of nitrogens with zero attached hydrogens (tertiary/aromatic N) is 1. The minimum absolute atomic E-state index is 0.549. The molecule has 1 atom stereocenters. The van der Waals surface area contributed by atoms with Crippen molar-refractivity contribution in [3.05, 3.63) is 35.9 Å². The van der Waals surface area contributed by atoms with Crippen LogP contribution in [0.15, 0.2) is 30.3 Å². The summed E-state index contributed by atoms with van der Waals surface area (Å²) in [6.45, 7) is 5.06. The minimum Gasteiger partial charge on any atom is -0.361 e. The van der Waals surface area contributed by atoms with Crippen molar-refractivity contribution in [1.82, 2.24) is 4.90 Å². The highest BCUT2D eigenvalue weighted by Gasteiger charge is 2.35. The molecule has 0 spiro atoms. The Hall–Kier alpha value is -0.900. The zero-order valence-electron chi connectivity index (χ0n) is 9.02. The molecule has 1 aromatic rings. The molecule has 0 aromatic heterocycles. The van der Waals surface area contributed by atoms with Crippen LogP contribution in [0.25, 0.3) is 0 Å². The summed E-state index contributed by atoms with van der Waals surface area (Å²) in [5.41, 5.74) is 0.836. The number of hydrogen-bond donors (Lipinski definition) is 1. The van der Waals surface area contributed by atoms with Gasteiger partial charge in [-0.1, -0.05) is 37.3 Å². The van der Waals surface area contributed by atoms with E-state index in [1.807, 2.05) is 30.3 Å². The molecule has 0 bridgehead atoms. The Morgan fingerprint density at radius 3 is 2.80 bits per heavy atom. The van der Waals surface area contributed by atoms with Gasteiger partial charge in [-0.25, -0.2) is 0 Å². The Kier molecular flexibility index (Phi) is 3.05. The van der Waals surface area contributed by atoms with E-state index in [2.05, 4.69) is 11.8 Å². The van der Waals surface area contributed by atoms with Crippen LogP contribution in [0.4, 0.5) is 0 Å². The maximum absolute atomic E-state index is 10.4. The lowest BCUT2D eigenvalue weighted by Gasteiger charge is -2.38. The van der Waals surface area contributed by atoms with E-state index in [1.165, 1.54) is 0 Å². The third-order valence-corrected chi connectivity index (χ3v) is 2.86. The molecule has 1 fully saturated rings.